The van der Waals surface area contributed by atoms with Gasteiger partial charge in [0.2, 0.25) is 0 Å². The van der Waals surface area contributed by atoms with Gasteiger partial charge in [-0.25, -0.2) is 0 Å². The molecule has 0 N–H and O–H groups in total. The first-order valence-corrected chi connectivity index (χ1v) is 11.1. The summed E-state index contributed by atoms with van der Waals surface area (Å²) in [5, 5.41) is 0. The number of hydrogen-bond donors (Lipinski definition) is 0. The SMILES string of the molecule is Cc1cc(C=Cc2cc(C)c(OCC3CO3)c(C)c2)c(C(C)(C)C)cc1OCC1CO1. The second-order valence-electron chi connectivity index (χ2n) is 9.80. The predicted molar refractivity (Wildman–Crippen MR) is 125 cm³/mol. The molecule has 0 radical (unpaired) electrons. The van der Waals surface area contributed by atoms with Crippen LogP contribution in [0.5, 0.6) is 11.5 Å². The first-order chi connectivity index (χ1) is 14.7. The number of benzene rings is 2. The van der Waals surface area contributed by atoms with Crippen LogP contribution >= 0.6 is 0 Å². The molecule has 0 amide bonds. The average molecular weight is 423 g/mol. The van der Waals surface area contributed by atoms with Gasteiger partial charge in [0.1, 0.15) is 36.9 Å². The number of aryl methyl sites for hydroxylation is 3. The van der Waals surface area contributed by atoms with Crippen molar-refractivity contribution in [2.75, 3.05) is 26.4 Å². The summed E-state index contributed by atoms with van der Waals surface area (Å²) >= 11 is 0. The standard InChI is InChI=1S/C27H34O4/c1-17-11-21(24(27(4,5)6)12-25(17)30-15-22-13-28-22)8-7-20-9-18(2)26(19(3)10-20)31-16-23-14-29-23/h7-12,22-23H,13-16H2,1-6H3. The summed E-state index contributed by atoms with van der Waals surface area (Å²) in [5.41, 5.74) is 7.13. The molecule has 0 aromatic heterocycles. The van der Waals surface area contributed by atoms with Crippen molar-refractivity contribution in [2.24, 2.45) is 0 Å². The maximum absolute atomic E-state index is 6.03. The van der Waals surface area contributed by atoms with Crippen molar-refractivity contribution < 1.29 is 18.9 Å². The molecular formula is C27H34O4. The quantitative estimate of drug-likeness (QED) is 0.408. The number of hydrogen-bond acceptors (Lipinski definition) is 4. The summed E-state index contributed by atoms with van der Waals surface area (Å²) in [6.07, 6.45) is 4.93. The van der Waals surface area contributed by atoms with Crippen molar-refractivity contribution in [2.45, 2.75) is 59.2 Å². The van der Waals surface area contributed by atoms with E-state index in [4.69, 9.17) is 18.9 Å². The van der Waals surface area contributed by atoms with E-state index in [2.05, 4.69) is 78.0 Å². The van der Waals surface area contributed by atoms with E-state index in [0.29, 0.717) is 13.2 Å². The monoisotopic (exact) mass is 422 g/mol. The molecule has 4 rings (SSSR count). The van der Waals surface area contributed by atoms with E-state index in [1.54, 1.807) is 0 Å². The van der Waals surface area contributed by atoms with Crippen LogP contribution in [0.1, 0.15) is 54.2 Å². The molecule has 0 aliphatic carbocycles. The Kier molecular flexibility index (Phi) is 6.14. The zero-order valence-corrected chi connectivity index (χ0v) is 19.6. The molecule has 2 aromatic carbocycles. The Bertz CT molecular complexity index is 952. The van der Waals surface area contributed by atoms with Crippen molar-refractivity contribution in [1.29, 1.82) is 0 Å². The van der Waals surface area contributed by atoms with Gasteiger partial charge in [-0.3, -0.25) is 0 Å². The van der Waals surface area contributed by atoms with Gasteiger partial charge in [0.25, 0.3) is 0 Å². The Morgan fingerprint density at radius 1 is 0.839 bits per heavy atom. The van der Waals surface area contributed by atoms with Gasteiger partial charge in [-0.15, -0.1) is 0 Å². The van der Waals surface area contributed by atoms with E-state index >= 15 is 0 Å². The fourth-order valence-electron chi connectivity index (χ4n) is 3.83. The first kappa shape index (κ1) is 21.9. The molecule has 4 nitrogen and oxygen atoms in total. The molecule has 2 unspecified atom stereocenters. The largest absolute Gasteiger partial charge is 0.491 e. The van der Waals surface area contributed by atoms with Crippen LogP contribution in [-0.2, 0) is 14.9 Å². The van der Waals surface area contributed by atoms with Gasteiger partial charge < -0.3 is 18.9 Å². The molecule has 0 bridgehead atoms. The molecule has 2 aromatic rings. The third-order valence-corrected chi connectivity index (χ3v) is 5.74. The summed E-state index contributed by atoms with van der Waals surface area (Å²) in [6, 6.07) is 8.80. The average Bonchev–Trinajstić information content (AvgIpc) is 3.58. The molecule has 2 heterocycles. The number of ether oxygens (including phenoxy) is 4. The summed E-state index contributed by atoms with van der Waals surface area (Å²) in [7, 11) is 0. The number of rotatable bonds is 8. The highest BCUT2D eigenvalue weighted by Crippen LogP contribution is 2.34. The summed E-state index contributed by atoms with van der Waals surface area (Å²) in [4.78, 5) is 0. The molecule has 2 fully saturated rings. The highest BCUT2D eigenvalue weighted by atomic mass is 16.6. The lowest BCUT2D eigenvalue weighted by Gasteiger charge is -2.24. The molecular weight excluding hydrogens is 388 g/mol. The topological polar surface area (TPSA) is 43.5 Å². The molecule has 2 aliphatic rings. The van der Waals surface area contributed by atoms with E-state index in [0.717, 1.165) is 41.4 Å². The van der Waals surface area contributed by atoms with Gasteiger partial charge in [-0.05, 0) is 83.8 Å². The van der Waals surface area contributed by atoms with Crippen LogP contribution in [-0.4, -0.2) is 38.6 Å². The Hall–Kier alpha value is -2.30. The fourth-order valence-corrected chi connectivity index (χ4v) is 3.83. The highest BCUT2D eigenvalue weighted by molar-refractivity contribution is 5.74. The minimum Gasteiger partial charge on any atom is -0.491 e. The van der Waals surface area contributed by atoms with Gasteiger partial charge in [0, 0.05) is 0 Å². The lowest BCUT2D eigenvalue weighted by Crippen LogP contribution is -2.14. The smallest absolute Gasteiger partial charge is 0.125 e. The van der Waals surface area contributed by atoms with Crippen LogP contribution in [0, 0.1) is 20.8 Å². The maximum Gasteiger partial charge on any atom is 0.125 e. The van der Waals surface area contributed by atoms with Gasteiger partial charge >= 0.3 is 0 Å². The lowest BCUT2D eigenvalue weighted by atomic mass is 9.82. The lowest BCUT2D eigenvalue weighted by molar-refractivity contribution is 0.260. The Balaban J connectivity index is 1.57. The molecule has 0 saturated carbocycles. The van der Waals surface area contributed by atoms with Crippen LogP contribution < -0.4 is 9.47 Å². The molecule has 2 aliphatic heterocycles. The zero-order chi connectivity index (χ0) is 22.2. The minimum atomic E-state index is 0.00990. The third-order valence-electron chi connectivity index (χ3n) is 5.74. The van der Waals surface area contributed by atoms with Gasteiger partial charge in [-0.2, -0.15) is 0 Å². The Labute approximate surface area is 186 Å². The first-order valence-electron chi connectivity index (χ1n) is 11.1. The van der Waals surface area contributed by atoms with Crippen molar-refractivity contribution >= 4 is 12.2 Å². The van der Waals surface area contributed by atoms with E-state index < -0.39 is 0 Å². The normalized spacial score (nSPS) is 20.2. The van der Waals surface area contributed by atoms with Crippen molar-refractivity contribution in [3.8, 4) is 11.5 Å². The van der Waals surface area contributed by atoms with E-state index in [9.17, 15) is 0 Å². The van der Waals surface area contributed by atoms with E-state index in [-0.39, 0.29) is 17.6 Å². The molecule has 2 atom stereocenters. The van der Waals surface area contributed by atoms with E-state index in [1.165, 1.54) is 16.7 Å². The second-order valence-corrected chi connectivity index (χ2v) is 9.80. The van der Waals surface area contributed by atoms with Crippen LogP contribution in [0.15, 0.2) is 24.3 Å². The Morgan fingerprint density at radius 2 is 1.42 bits per heavy atom. The molecule has 2 saturated heterocycles. The molecule has 166 valence electrons. The maximum atomic E-state index is 6.03. The van der Waals surface area contributed by atoms with Gasteiger partial charge in [0.15, 0.2) is 0 Å². The van der Waals surface area contributed by atoms with Crippen molar-refractivity contribution in [3.05, 3.63) is 57.6 Å². The zero-order valence-electron chi connectivity index (χ0n) is 19.6. The highest BCUT2D eigenvalue weighted by Gasteiger charge is 2.25. The second kappa shape index (κ2) is 8.68. The number of epoxide rings is 2. The summed E-state index contributed by atoms with van der Waals surface area (Å²) in [5.74, 6) is 1.92. The van der Waals surface area contributed by atoms with E-state index in [1.807, 2.05) is 0 Å². The van der Waals surface area contributed by atoms with Crippen LogP contribution in [0.2, 0.25) is 0 Å². The summed E-state index contributed by atoms with van der Waals surface area (Å²) < 4.78 is 22.5. The molecule has 0 spiro atoms. The minimum absolute atomic E-state index is 0.00990. The fraction of sp³-hybridized carbons (Fsp3) is 0.481. The van der Waals surface area contributed by atoms with Crippen LogP contribution in [0.25, 0.3) is 12.2 Å². The molecule has 31 heavy (non-hydrogen) atoms. The molecule has 4 heteroatoms. The van der Waals surface area contributed by atoms with Gasteiger partial charge in [-0.1, -0.05) is 32.9 Å². The van der Waals surface area contributed by atoms with Crippen molar-refractivity contribution in [1.82, 2.24) is 0 Å². The van der Waals surface area contributed by atoms with Crippen LogP contribution in [0.3, 0.4) is 0 Å². The van der Waals surface area contributed by atoms with Crippen molar-refractivity contribution in [3.63, 3.8) is 0 Å². The Morgan fingerprint density at radius 3 is 1.97 bits per heavy atom. The van der Waals surface area contributed by atoms with Crippen LogP contribution in [0.4, 0.5) is 0 Å². The predicted octanol–water partition coefficient (Wildman–Crippen LogP) is 5.63. The summed E-state index contributed by atoms with van der Waals surface area (Å²) in [6.45, 7) is 15.9. The van der Waals surface area contributed by atoms with Gasteiger partial charge in [0.05, 0.1) is 13.2 Å². The third kappa shape index (κ3) is 5.69.